The Morgan fingerprint density at radius 1 is 1.86 bits per heavy atom. The standard InChI is InChI=1S/C2H6O.CH3BN.Na/c1-2-3;2-1-3;/h3H,2H2,1H3;2H3;/q;-1;+1. The van der Waals surface area contributed by atoms with Crippen molar-refractivity contribution < 1.29 is 34.7 Å². The van der Waals surface area contributed by atoms with E-state index in [4.69, 9.17) is 10.4 Å². The number of nitriles is 1. The topological polar surface area (TPSA) is 44.0 Å². The van der Waals surface area contributed by atoms with Crippen molar-refractivity contribution in [3.05, 3.63) is 0 Å². The molecule has 0 aromatic rings. The molecule has 4 heteroatoms. The average molecular weight is 109 g/mol. The summed E-state index contributed by atoms with van der Waals surface area (Å²) in [6.45, 7) is 1.93. The first-order valence-corrected chi connectivity index (χ1v) is 1.25. The second-order valence-corrected chi connectivity index (χ2v) is 0.316. The zero-order valence-electron chi connectivity index (χ0n) is 4.10. The smallest absolute Gasteiger partial charge is 0.397 e. The minimum atomic E-state index is 0. The van der Waals surface area contributed by atoms with Crippen molar-refractivity contribution in [2.75, 3.05) is 6.61 Å². The van der Waals surface area contributed by atoms with Gasteiger partial charge in [0.1, 0.15) is 0 Å². The van der Waals surface area contributed by atoms with Crippen LogP contribution in [0.1, 0.15) is 6.92 Å². The minimum absolute atomic E-state index is 0. The van der Waals surface area contributed by atoms with Crippen molar-refractivity contribution in [3.8, 4) is 5.97 Å². The Morgan fingerprint density at radius 3 is 1.86 bits per heavy atom. The van der Waals surface area contributed by atoms with Crippen LogP contribution in [0.5, 0.6) is 0 Å². The summed E-state index contributed by atoms with van der Waals surface area (Å²) in [6, 6.07) is 0. The zero-order valence-corrected chi connectivity index (χ0v) is 6.10. The summed E-state index contributed by atoms with van der Waals surface area (Å²) in [5.41, 5.74) is 0. The van der Waals surface area contributed by atoms with E-state index in [2.05, 4.69) is 0 Å². The van der Waals surface area contributed by atoms with Crippen LogP contribution >= 0.6 is 0 Å². The fraction of sp³-hybridized carbons (Fsp3) is 0.667. The number of hydrogen-bond acceptors (Lipinski definition) is 2. The second-order valence-electron chi connectivity index (χ2n) is 0.316. The Labute approximate surface area is 67.2 Å². The molecule has 0 saturated carbocycles. The Hall–Kier alpha value is 0.515. The van der Waals surface area contributed by atoms with Crippen molar-refractivity contribution in [2.24, 2.45) is 0 Å². The molecule has 0 aromatic carbocycles. The molecule has 0 unspecified atom stereocenters. The third-order valence-electron chi connectivity index (χ3n) is 0. The van der Waals surface area contributed by atoms with Gasteiger partial charge in [0.25, 0.3) is 0 Å². The third kappa shape index (κ3) is 501. The van der Waals surface area contributed by atoms with Gasteiger partial charge in [-0.2, -0.15) is 5.97 Å². The van der Waals surface area contributed by atoms with E-state index in [-0.39, 0.29) is 44.0 Å². The molecule has 0 aliphatic heterocycles. The van der Waals surface area contributed by atoms with E-state index in [0.29, 0.717) is 0 Å². The van der Waals surface area contributed by atoms with Gasteiger partial charge in [-0.25, -0.2) is 0 Å². The molecular formula is C3H9BNNaO. The molecular weight excluding hydrogens is 99.8 g/mol. The Kier molecular flexibility index (Phi) is 70.0. The predicted molar refractivity (Wildman–Crippen MR) is 28.3 cm³/mol. The Balaban J connectivity index is -0.0000000400. The third-order valence-corrected chi connectivity index (χ3v) is 0. The van der Waals surface area contributed by atoms with Crippen molar-refractivity contribution in [1.82, 2.24) is 0 Å². The monoisotopic (exact) mass is 109 g/mol. The molecule has 0 fully saturated rings. The van der Waals surface area contributed by atoms with E-state index in [1.165, 1.54) is 0 Å². The summed E-state index contributed by atoms with van der Waals surface area (Å²) in [5, 5.41) is 15.0. The van der Waals surface area contributed by atoms with Gasteiger partial charge < -0.3 is 5.11 Å². The van der Waals surface area contributed by atoms with Crippen LogP contribution in [0.4, 0.5) is 0 Å². The van der Waals surface area contributed by atoms with Crippen LogP contribution in [0.25, 0.3) is 0 Å². The maximum absolute atomic E-state index is 7.57. The van der Waals surface area contributed by atoms with Gasteiger partial charge in [0, 0.05) is 6.61 Å². The van der Waals surface area contributed by atoms with Crippen molar-refractivity contribution >= 4 is 7.85 Å². The molecule has 0 spiro atoms. The van der Waals surface area contributed by atoms with Crippen LogP contribution < -0.4 is 29.6 Å². The van der Waals surface area contributed by atoms with E-state index in [0.717, 1.165) is 0 Å². The number of nitrogens with zero attached hydrogens (tertiary/aromatic N) is 1. The molecule has 0 aromatic heterocycles. The van der Waals surface area contributed by atoms with Gasteiger partial charge >= 0.3 is 29.6 Å². The average Bonchev–Trinajstić information content (AvgIpc) is 1.39. The van der Waals surface area contributed by atoms with Gasteiger partial charge in [-0.1, -0.05) is 0 Å². The van der Waals surface area contributed by atoms with Crippen LogP contribution in [0.15, 0.2) is 0 Å². The van der Waals surface area contributed by atoms with E-state index in [9.17, 15) is 0 Å². The number of aliphatic hydroxyl groups is 1. The molecule has 36 valence electrons. The number of hydrogen-bond donors (Lipinski definition) is 1. The van der Waals surface area contributed by atoms with Gasteiger partial charge in [0.2, 0.25) is 0 Å². The largest absolute Gasteiger partial charge is 1.00 e. The molecule has 0 radical (unpaired) electrons. The molecule has 0 saturated heterocycles. The second kappa shape index (κ2) is 31.3. The maximum Gasteiger partial charge on any atom is 1.00 e. The molecule has 0 rings (SSSR count). The normalized spacial score (nSPS) is 3.71. The van der Waals surface area contributed by atoms with Gasteiger partial charge in [0.15, 0.2) is 0 Å². The Morgan fingerprint density at radius 2 is 1.86 bits per heavy atom. The molecule has 7 heavy (non-hydrogen) atoms. The molecule has 0 atom stereocenters. The molecule has 1 N–H and O–H groups in total. The summed E-state index contributed by atoms with van der Waals surface area (Å²) in [5.74, 6) is 2.00. The van der Waals surface area contributed by atoms with E-state index in [1.54, 1.807) is 6.92 Å². The number of rotatable bonds is 0. The molecule has 2 nitrogen and oxygen atoms in total. The predicted octanol–water partition coefficient (Wildman–Crippen LogP) is -4.16. The van der Waals surface area contributed by atoms with Gasteiger partial charge in [-0.05, 0) is 6.92 Å². The molecule has 0 bridgehead atoms. The summed E-state index contributed by atoms with van der Waals surface area (Å²) in [6.07, 6.45) is 0. The van der Waals surface area contributed by atoms with Crippen LogP contribution in [-0.2, 0) is 0 Å². The minimum Gasteiger partial charge on any atom is -0.397 e. The van der Waals surface area contributed by atoms with Gasteiger partial charge in [-0.15, -0.1) is 0 Å². The van der Waals surface area contributed by atoms with Crippen molar-refractivity contribution in [3.63, 3.8) is 0 Å². The van der Waals surface area contributed by atoms with Gasteiger partial charge in [0.05, 0.1) is 7.85 Å². The van der Waals surface area contributed by atoms with Crippen LogP contribution in [0, 0.1) is 11.2 Å². The molecule has 0 aliphatic carbocycles. The maximum atomic E-state index is 7.57. The van der Waals surface area contributed by atoms with E-state index < -0.39 is 0 Å². The van der Waals surface area contributed by atoms with E-state index >= 15 is 0 Å². The summed E-state index contributed by atoms with van der Waals surface area (Å²) in [7, 11) is 0.0694. The van der Waals surface area contributed by atoms with E-state index in [1.807, 2.05) is 5.97 Å². The first kappa shape index (κ1) is 15.6. The zero-order chi connectivity index (χ0) is 5.41. The Bertz CT molecular complexity index is 44.7. The quantitative estimate of drug-likeness (QED) is 0.321. The van der Waals surface area contributed by atoms with Crippen molar-refractivity contribution in [1.29, 1.82) is 5.26 Å². The molecule has 0 heterocycles. The molecule has 0 aliphatic rings. The van der Waals surface area contributed by atoms with Crippen LogP contribution in [0.3, 0.4) is 0 Å². The SMILES string of the molecule is CCO.[BH3-]C#N.[Na+]. The summed E-state index contributed by atoms with van der Waals surface area (Å²) < 4.78 is 0. The fourth-order valence-corrected chi connectivity index (χ4v) is 0. The molecule has 0 amide bonds. The summed E-state index contributed by atoms with van der Waals surface area (Å²) in [4.78, 5) is 0. The van der Waals surface area contributed by atoms with Crippen molar-refractivity contribution in [2.45, 2.75) is 6.92 Å². The van der Waals surface area contributed by atoms with Crippen LogP contribution in [0.2, 0.25) is 0 Å². The fourth-order valence-electron chi connectivity index (χ4n) is 0. The number of aliphatic hydroxyl groups excluding tert-OH is 1. The van der Waals surface area contributed by atoms with Crippen LogP contribution in [-0.4, -0.2) is 19.6 Å². The summed E-state index contributed by atoms with van der Waals surface area (Å²) >= 11 is 0. The van der Waals surface area contributed by atoms with Gasteiger partial charge in [-0.3, -0.25) is 5.26 Å². The first-order valence-electron chi connectivity index (χ1n) is 1.25. The first-order chi connectivity index (χ1) is 2.83.